The quantitative estimate of drug-likeness (QED) is 0.165. The van der Waals surface area contributed by atoms with Gasteiger partial charge in [0.25, 0.3) is 0 Å². The van der Waals surface area contributed by atoms with Crippen molar-refractivity contribution in [3.63, 3.8) is 0 Å². The molecule has 6 aromatic carbocycles. The van der Waals surface area contributed by atoms with Crippen LogP contribution in [0.5, 0.6) is 0 Å². The Kier molecular flexibility index (Phi) is 7.87. The van der Waals surface area contributed by atoms with Gasteiger partial charge in [-0.1, -0.05) is 138 Å². The summed E-state index contributed by atoms with van der Waals surface area (Å²) in [6.07, 6.45) is 12.5. The van der Waals surface area contributed by atoms with Crippen LogP contribution in [-0.2, 0) is 10.8 Å². The van der Waals surface area contributed by atoms with Gasteiger partial charge in [0.05, 0.1) is 0 Å². The monoisotopic (exact) mass is 729 g/mol. The van der Waals surface area contributed by atoms with Gasteiger partial charge in [-0.05, 0) is 165 Å². The van der Waals surface area contributed by atoms with Crippen molar-refractivity contribution in [1.82, 2.24) is 0 Å². The molecule has 11 rings (SSSR count). The van der Waals surface area contributed by atoms with Crippen molar-refractivity contribution in [2.75, 3.05) is 4.90 Å². The summed E-state index contributed by atoms with van der Waals surface area (Å²) in [4.78, 5) is 2.52. The van der Waals surface area contributed by atoms with Crippen LogP contribution in [0.25, 0.3) is 33.4 Å². The molecule has 56 heavy (non-hydrogen) atoms. The van der Waals surface area contributed by atoms with Crippen molar-refractivity contribution < 1.29 is 0 Å². The number of anilines is 3. The van der Waals surface area contributed by atoms with Gasteiger partial charge in [0.1, 0.15) is 0 Å². The van der Waals surface area contributed by atoms with E-state index in [1.165, 1.54) is 136 Å². The lowest BCUT2D eigenvalue weighted by atomic mass is 9.81. The van der Waals surface area contributed by atoms with Gasteiger partial charge in [-0.2, -0.15) is 0 Å². The molecule has 5 aliphatic rings. The number of fused-ring (bicyclic) bond motifs is 8. The van der Waals surface area contributed by atoms with Crippen LogP contribution < -0.4 is 4.90 Å². The van der Waals surface area contributed by atoms with E-state index in [1.54, 1.807) is 5.56 Å². The lowest BCUT2D eigenvalue weighted by Gasteiger charge is -2.29. The average molecular weight is 730 g/mol. The minimum absolute atomic E-state index is 0.0117. The first kappa shape index (κ1) is 34.4. The van der Waals surface area contributed by atoms with Crippen molar-refractivity contribution in [3.8, 4) is 33.4 Å². The molecule has 0 radical (unpaired) electrons. The largest absolute Gasteiger partial charge is 0.310 e. The van der Waals surface area contributed by atoms with Crippen LogP contribution in [0.15, 0.2) is 127 Å². The SMILES string of the molecule is CC1(C)c2ccc(-c3cccc4c3-c3ccccc3C4(C)C)cc2-c2ccc(N(c3ccc(C4CCCCC4)cc3)c3ccc(C4CC5CCC4C5)cc3)cc21. The van der Waals surface area contributed by atoms with Crippen LogP contribution in [0, 0.1) is 11.8 Å². The van der Waals surface area contributed by atoms with E-state index in [-0.39, 0.29) is 10.8 Å². The van der Waals surface area contributed by atoms with E-state index in [9.17, 15) is 0 Å². The minimum atomic E-state index is -0.116. The molecule has 0 aromatic heterocycles. The second-order valence-electron chi connectivity index (χ2n) is 19.1. The average Bonchev–Trinajstić information content (AvgIpc) is 3.99. The summed E-state index contributed by atoms with van der Waals surface area (Å²) < 4.78 is 0. The Morgan fingerprint density at radius 1 is 0.464 bits per heavy atom. The van der Waals surface area contributed by atoms with Gasteiger partial charge in [-0.25, -0.2) is 0 Å². The molecule has 6 aromatic rings. The van der Waals surface area contributed by atoms with E-state index >= 15 is 0 Å². The maximum atomic E-state index is 2.52. The third-order valence-electron chi connectivity index (χ3n) is 15.4. The molecular formula is C55H55N. The highest BCUT2D eigenvalue weighted by Gasteiger charge is 2.41. The Hall–Kier alpha value is -4.88. The summed E-state index contributed by atoms with van der Waals surface area (Å²) in [6, 6.07) is 49.9. The van der Waals surface area contributed by atoms with Crippen LogP contribution >= 0.6 is 0 Å². The molecule has 3 fully saturated rings. The molecule has 0 heterocycles. The summed E-state index contributed by atoms with van der Waals surface area (Å²) in [6.45, 7) is 9.60. The molecule has 0 amide bonds. The Balaban J connectivity index is 0.990. The fourth-order valence-corrected chi connectivity index (χ4v) is 12.3. The van der Waals surface area contributed by atoms with Crippen LogP contribution in [-0.4, -0.2) is 0 Å². The minimum Gasteiger partial charge on any atom is -0.310 e. The van der Waals surface area contributed by atoms with Gasteiger partial charge < -0.3 is 4.90 Å². The summed E-state index contributed by atoms with van der Waals surface area (Å²) in [5.74, 6) is 3.29. The van der Waals surface area contributed by atoms with Gasteiger partial charge in [-0.15, -0.1) is 0 Å². The van der Waals surface area contributed by atoms with E-state index in [1.807, 2.05) is 0 Å². The van der Waals surface area contributed by atoms with Gasteiger partial charge in [0.2, 0.25) is 0 Å². The number of hydrogen-bond donors (Lipinski definition) is 0. The highest BCUT2D eigenvalue weighted by atomic mass is 15.1. The third kappa shape index (κ3) is 5.25. The standard InChI is InChI=1S/C55H55N/c1-54(2)49-15-9-8-13-46(49)53-44(14-10-16-51(53)54)40-23-30-50-48(33-40)45-29-28-43(34-52(45)55(50,3)4)56(41-24-19-37(20-25-41)36-11-6-5-7-12-36)42-26-21-38(22-27-42)47-32-35-17-18-39(47)31-35/h8-10,13-16,19-30,33-36,39,47H,5-7,11-12,17-18,31-32H2,1-4H3. The molecule has 5 aliphatic carbocycles. The fraction of sp³-hybridized carbons (Fsp3) is 0.345. The van der Waals surface area contributed by atoms with Gasteiger partial charge in [-0.3, -0.25) is 0 Å². The fourth-order valence-electron chi connectivity index (χ4n) is 12.3. The number of nitrogens with zero attached hydrogens (tertiary/aromatic N) is 1. The van der Waals surface area contributed by atoms with Gasteiger partial charge >= 0.3 is 0 Å². The molecule has 2 bridgehead atoms. The number of hydrogen-bond acceptors (Lipinski definition) is 1. The Morgan fingerprint density at radius 3 is 1.86 bits per heavy atom. The lowest BCUT2D eigenvalue weighted by molar-refractivity contribution is 0.420. The van der Waals surface area contributed by atoms with Crippen LogP contribution in [0.2, 0.25) is 0 Å². The van der Waals surface area contributed by atoms with E-state index < -0.39 is 0 Å². The molecular weight excluding hydrogens is 675 g/mol. The number of rotatable bonds is 6. The predicted octanol–water partition coefficient (Wildman–Crippen LogP) is 15.4. The molecule has 1 heteroatoms. The normalized spacial score (nSPS) is 22.4. The molecule has 0 aliphatic heterocycles. The Labute approximate surface area is 334 Å². The highest BCUT2D eigenvalue weighted by Crippen LogP contribution is 2.56. The zero-order valence-electron chi connectivity index (χ0n) is 33.7. The second kappa shape index (κ2) is 12.8. The first-order chi connectivity index (χ1) is 27.3. The molecule has 3 unspecified atom stereocenters. The van der Waals surface area contributed by atoms with E-state index in [4.69, 9.17) is 0 Å². The Morgan fingerprint density at radius 2 is 1.12 bits per heavy atom. The van der Waals surface area contributed by atoms with E-state index in [0.29, 0.717) is 5.92 Å². The summed E-state index contributed by atoms with van der Waals surface area (Å²) >= 11 is 0. The van der Waals surface area contributed by atoms with Crippen molar-refractivity contribution in [1.29, 1.82) is 0 Å². The molecule has 0 spiro atoms. The van der Waals surface area contributed by atoms with Crippen molar-refractivity contribution in [2.45, 2.75) is 108 Å². The third-order valence-corrected chi connectivity index (χ3v) is 15.4. The van der Waals surface area contributed by atoms with Crippen LogP contribution in [0.3, 0.4) is 0 Å². The maximum absolute atomic E-state index is 2.52. The van der Waals surface area contributed by atoms with Crippen LogP contribution in [0.1, 0.15) is 131 Å². The number of benzene rings is 6. The topological polar surface area (TPSA) is 3.24 Å². The summed E-state index contributed by atoms with van der Waals surface area (Å²) in [5.41, 5.74) is 20.5. The van der Waals surface area contributed by atoms with Crippen molar-refractivity contribution >= 4 is 17.1 Å². The zero-order valence-corrected chi connectivity index (χ0v) is 33.7. The maximum Gasteiger partial charge on any atom is 0.0465 e. The van der Waals surface area contributed by atoms with Crippen molar-refractivity contribution in [3.05, 3.63) is 161 Å². The lowest BCUT2D eigenvalue weighted by Crippen LogP contribution is -2.17. The van der Waals surface area contributed by atoms with Gasteiger partial charge in [0.15, 0.2) is 0 Å². The van der Waals surface area contributed by atoms with Gasteiger partial charge in [0, 0.05) is 27.9 Å². The molecule has 0 N–H and O–H groups in total. The molecule has 3 saturated carbocycles. The second-order valence-corrected chi connectivity index (χ2v) is 19.1. The van der Waals surface area contributed by atoms with Crippen molar-refractivity contribution in [2.24, 2.45) is 11.8 Å². The summed E-state index contributed by atoms with van der Waals surface area (Å²) in [5, 5.41) is 0. The molecule has 1 nitrogen and oxygen atoms in total. The zero-order chi connectivity index (χ0) is 37.8. The van der Waals surface area contributed by atoms with Crippen LogP contribution in [0.4, 0.5) is 17.1 Å². The van der Waals surface area contributed by atoms with E-state index in [0.717, 1.165) is 17.8 Å². The smallest absolute Gasteiger partial charge is 0.0465 e. The first-order valence-electron chi connectivity index (χ1n) is 21.8. The van der Waals surface area contributed by atoms with E-state index in [2.05, 4.69) is 160 Å². The Bertz CT molecular complexity index is 2470. The summed E-state index contributed by atoms with van der Waals surface area (Å²) in [7, 11) is 0. The molecule has 0 saturated heterocycles. The predicted molar refractivity (Wildman–Crippen MR) is 236 cm³/mol. The highest BCUT2D eigenvalue weighted by molar-refractivity contribution is 5.95. The molecule has 280 valence electrons. The molecule has 3 atom stereocenters. The first-order valence-corrected chi connectivity index (χ1v) is 21.8.